The van der Waals surface area contributed by atoms with Crippen molar-refractivity contribution in [2.24, 2.45) is 5.73 Å². The molecule has 1 atom stereocenters. The van der Waals surface area contributed by atoms with Crippen LogP contribution in [0.25, 0.3) is 0 Å². The minimum atomic E-state index is -0.301. The number of likely N-dealkylation sites (N-methyl/N-ethyl adjacent to an activating group) is 1. The third-order valence-corrected chi connectivity index (χ3v) is 4.14. The fraction of sp³-hybridized carbons (Fsp3) is 0.636. The van der Waals surface area contributed by atoms with Crippen molar-refractivity contribution in [2.75, 3.05) is 26.7 Å². The van der Waals surface area contributed by atoms with Gasteiger partial charge in [-0.25, -0.2) is 0 Å². The first-order valence-corrected chi connectivity index (χ1v) is 7.08. The highest BCUT2D eigenvalue weighted by molar-refractivity contribution is 9.10. The Balaban J connectivity index is 2.22. The molecule has 1 unspecified atom stereocenters. The molecule has 0 saturated carbocycles. The third kappa shape index (κ3) is 5.41. The zero-order chi connectivity index (χ0) is 12.0. The molecule has 0 fully saturated rings. The monoisotopic (exact) mass is 306 g/mol. The standard InChI is InChI=1S/C11H19BrN2OS/c1-14(7-10(15)2-4-13)5-3-11-6-9(12)8-16-11/h6,8,10,15H,2-5,7,13H2,1H3. The van der Waals surface area contributed by atoms with Gasteiger partial charge in [0.2, 0.25) is 0 Å². The number of aliphatic hydroxyl groups excluding tert-OH is 1. The Morgan fingerprint density at radius 2 is 2.38 bits per heavy atom. The van der Waals surface area contributed by atoms with Crippen LogP contribution in [-0.2, 0) is 6.42 Å². The molecule has 0 spiro atoms. The van der Waals surface area contributed by atoms with Crippen molar-refractivity contribution in [2.45, 2.75) is 18.9 Å². The molecule has 92 valence electrons. The maximum atomic E-state index is 9.59. The van der Waals surface area contributed by atoms with E-state index in [0.717, 1.165) is 17.4 Å². The summed E-state index contributed by atoms with van der Waals surface area (Å²) >= 11 is 5.21. The highest BCUT2D eigenvalue weighted by Gasteiger charge is 2.07. The topological polar surface area (TPSA) is 49.5 Å². The molecule has 3 N–H and O–H groups in total. The van der Waals surface area contributed by atoms with E-state index in [9.17, 15) is 5.11 Å². The number of thiophene rings is 1. The maximum absolute atomic E-state index is 9.59. The van der Waals surface area contributed by atoms with E-state index in [1.807, 2.05) is 7.05 Å². The van der Waals surface area contributed by atoms with Gasteiger partial charge in [-0.2, -0.15) is 0 Å². The van der Waals surface area contributed by atoms with Crippen LogP contribution in [0.1, 0.15) is 11.3 Å². The van der Waals surface area contributed by atoms with Gasteiger partial charge in [-0.15, -0.1) is 11.3 Å². The van der Waals surface area contributed by atoms with E-state index in [0.29, 0.717) is 19.5 Å². The van der Waals surface area contributed by atoms with E-state index >= 15 is 0 Å². The smallest absolute Gasteiger partial charge is 0.0679 e. The fourth-order valence-corrected chi connectivity index (χ4v) is 2.97. The van der Waals surface area contributed by atoms with E-state index in [1.54, 1.807) is 11.3 Å². The molecule has 0 amide bonds. The van der Waals surface area contributed by atoms with Crippen LogP contribution in [0, 0.1) is 0 Å². The predicted octanol–water partition coefficient (Wildman–Crippen LogP) is 1.69. The van der Waals surface area contributed by atoms with Crippen LogP contribution in [0.15, 0.2) is 15.9 Å². The molecule has 0 saturated heterocycles. The van der Waals surface area contributed by atoms with E-state index in [4.69, 9.17) is 5.73 Å². The van der Waals surface area contributed by atoms with Gasteiger partial charge in [-0.3, -0.25) is 0 Å². The summed E-state index contributed by atoms with van der Waals surface area (Å²) in [6.07, 6.45) is 1.40. The van der Waals surface area contributed by atoms with Gasteiger partial charge in [0.25, 0.3) is 0 Å². The Kier molecular flexibility index (Phi) is 6.53. The maximum Gasteiger partial charge on any atom is 0.0679 e. The molecule has 0 aromatic carbocycles. The lowest BCUT2D eigenvalue weighted by Gasteiger charge is -2.19. The number of rotatable bonds is 7. The average molecular weight is 307 g/mol. The van der Waals surface area contributed by atoms with Crippen molar-refractivity contribution in [1.82, 2.24) is 4.90 Å². The van der Waals surface area contributed by atoms with Crippen molar-refractivity contribution < 1.29 is 5.11 Å². The molecule has 1 heterocycles. The Bertz CT molecular complexity index is 306. The van der Waals surface area contributed by atoms with Crippen LogP contribution in [0.4, 0.5) is 0 Å². The van der Waals surface area contributed by atoms with Gasteiger partial charge in [-0.1, -0.05) is 0 Å². The summed E-state index contributed by atoms with van der Waals surface area (Å²) in [5.74, 6) is 0. The van der Waals surface area contributed by atoms with Crippen molar-refractivity contribution in [3.8, 4) is 0 Å². The normalized spacial score (nSPS) is 13.3. The highest BCUT2D eigenvalue weighted by atomic mass is 79.9. The summed E-state index contributed by atoms with van der Waals surface area (Å²) in [6.45, 7) is 2.21. The number of hydrogen-bond acceptors (Lipinski definition) is 4. The van der Waals surface area contributed by atoms with Crippen LogP contribution in [0.5, 0.6) is 0 Å². The molecular formula is C11H19BrN2OS. The largest absolute Gasteiger partial charge is 0.392 e. The third-order valence-electron chi connectivity index (χ3n) is 2.38. The summed E-state index contributed by atoms with van der Waals surface area (Å²) in [5.41, 5.74) is 5.39. The van der Waals surface area contributed by atoms with Crippen LogP contribution < -0.4 is 5.73 Å². The SMILES string of the molecule is CN(CCc1cc(Br)cs1)CC(O)CCN. The second-order valence-corrected chi connectivity index (χ2v) is 5.89. The number of aliphatic hydroxyl groups is 1. The van der Waals surface area contributed by atoms with E-state index in [1.165, 1.54) is 4.88 Å². The molecule has 0 aliphatic rings. The van der Waals surface area contributed by atoms with E-state index in [2.05, 4.69) is 32.3 Å². The van der Waals surface area contributed by atoms with Crippen LogP contribution in [0.2, 0.25) is 0 Å². The molecule has 1 aromatic heterocycles. The minimum absolute atomic E-state index is 0.301. The lowest BCUT2D eigenvalue weighted by atomic mass is 10.2. The molecule has 1 aromatic rings. The number of hydrogen-bond donors (Lipinski definition) is 2. The minimum Gasteiger partial charge on any atom is -0.392 e. The molecule has 0 aliphatic heterocycles. The molecule has 0 radical (unpaired) electrons. The van der Waals surface area contributed by atoms with Gasteiger partial charge >= 0.3 is 0 Å². The quantitative estimate of drug-likeness (QED) is 0.806. The Morgan fingerprint density at radius 1 is 1.62 bits per heavy atom. The Labute approximate surface area is 109 Å². The van der Waals surface area contributed by atoms with Crippen molar-refractivity contribution in [3.63, 3.8) is 0 Å². The summed E-state index contributed by atoms with van der Waals surface area (Å²) in [4.78, 5) is 3.51. The Morgan fingerprint density at radius 3 is 2.94 bits per heavy atom. The van der Waals surface area contributed by atoms with Gasteiger partial charge in [0.1, 0.15) is 0 Å². The molecule has 3 nitrogen and oxygen atoms in total. The fourth-order valence-electron chi connectivity index (χ4n) is 1.52. The molecule has 5 heteroatoms. The lowest BCUT2D eigenvalue weighted by Crippen LogP contribution is -2.31. The summed E-state index contributed by atoms with van der Waals surface area (Å²) in [7, 11) is 2.03. The molecular weight excluding hydrogens is 288 g/mol. The van der Waals surface area contributed by atoms with Crippen LogP contribution >= 0.6 is 27.3 Å². The van der Waals surface area contributed by atoms with Crippen molar-refractivity contribution in [3.05, 3.63) is 20.8 Å². The van der Waals surface area contributed by atoms with E-state index in [-0.39, 0.29) is 6.10 Å². The number of nitrogens with two attached hydrogens (primary N) is 1. The number of halogens is 1. The highest BCUT2D eigenvalue weighted by Crippen LogP contribution is 2.20. The first kappa shape index (κ1) is 14.1. The molecule has 1 rings (SSSR count). The van der Waals surface area contributed by atoms with Gasteiger partial charge < -0.3 is 15.7 Å². The Hall–Kier alpha value is 0.0600. The average Bonchev–Trinajstić information content (AvgIpc) is 2.61. The van der Waals surface area contributed by atoms with Gasteiger partial charge in [0.15, 0.2) is 0 Å². The van der Waals surface area contributed by atoms with Crippen molar-refractivity contribution in [1.29, 1.82) is 0 Å². The zero-order valence-corrected chi connectivity index (χ0v) is 11.9. The second-order valence-electron chi connectivity index (χ2n) is 3.97. The first-order valence-electron chi connectivity index (χ1n) is 5.41. The van der Waals surface area contributed by atoms with Gasteiger partial charge in [-0.05, 0) is 48.4 Å². The first-order chi connectivity index (χ1) is 7.61. The van der Waals surface area contributed by atoms with Crippen molar-refractivity contribution >= 4 is 27.3 Å². The predicted molar refractivity (Wildman–Crippen MR) is 72.9 cm³/mol. The van der Waals surface area contributed by atoms with Gasteiger partial charge in [0, 0.05) is 27.8 Å². The second kappa shape index (κ2) is 7.40. The van der Waals surface area contributed by atoms with E-state index < -0.39 is 0 Å². The zero-order valence-electron chi connectivity index (χ0n) is 9.53. The molecule has 16 heavy (non-hydrogen) atoms. The summed E-state index contributed by atoms with van der Waals surface area (Å²) in [6, 6.07) is 2.15. The number of nitrogens with zero attached hydrogens (tertiary/aromatic N) is 1. The van der Waals surface area contributed by atoms with Gasteiger partial charge in [0.05, 0.1) is 6.10 Å². The van der Waals surface area contributed by atoms with Crippen LogP contribution in [-0.4, -0.2) is 42.8 Å². The molecule has 0 bridgehead atoms. The summed E-state index contributed by atoms with van der Waals surface area (Å²) < 4.78 is 1.15. The molecule has 0 aliphatic carbocycles. The van der Waals surface area contributed by atoms with Crippen LogP contribution in [0.3, 0.4) is 0 Å². The summed E-state index contributed by atoms with van der Waals surface area (Å²) in [5, 5.41) is 11.7. The lowest BCUT2D eigenvalue weighted by molar-refractivity contribution is 0.120.